The van der Waals surface area contributed by atoms with Crippen LogP contribution < -0.4 is 5.32 Å². The highest BCUT2D eigenvalue weighted by molar-refractivity contribution is 5.11. The van der Waals surface area contributed by atoms with Crippen LogP contribution >= 0.6 is 0 Å². The van der Waals surface area contributed by atoms with Crippen LogP contribution in [-0.2, 0) is 6.54 Å². The Kier molecular flexibility index (Phi) is 4.60. The van der Waals surface area contributed by atoms with Gasteiger partial charge in [0.25, 0.3) is 0 Å². The molecule has 2 aliphatic rings. The zero-order valence-electron chi connectivity index (χ0n) is 13.5. The summed E-state index contributed by atoms with van der Waals surface area (Å²) in [6.45, 7) is 8.10. The molecule has 0 radical (unpaired) electrons. The van der Waals surface area contributed by atoms with Gasteiger partial charge in [-0.05, 0) is 30.4 Å². The van der Waals surface area contributed by atoms with Crippen LogP contribution in [-0.4, -0.2) is 34.6 Å². The maximum Gasteiger partial charge on any atom is 0.0338 e. The van der Waals surface area contributed by atoms with Gasteiger partial charge in [-0.3, -0.25) is 9.88 Å². The predicted molar refractivity (Wildman–Crippen MR) is 87.1 cm³/mol. The van der Waals surface area contributed by atoms with Crippen molar-refractivity contribution in [2.24, 2.45) is 5.92 Å². The van der Waals surface area contributed by atoms with Gasteiger partial charge in [0.05, 0.1) is 0 Å². The van der Waals surface area contributed by atoms with E-state index in [2.05, 4.69) is 41.2 Å². The minimum absolute atomic E-state index is 0.403. The molecular weight excluding hydrogens is 258 g/mol. The predicted octanol–water partition coefficient (Wildman–Crippen LogP) is 3.21. The Labute approximate surface area is 129 Å². The van der Waals surface area contributed by atoms with Crippen molar-refractivity contribution in [2.45, 2.75) is 64.1 Å². The molecule has 21 heavy (non-hydrogen) atoms. The van der Waals surface area contributed by atoms with Crippen LogP contribution in [0.4, 0.5) is 0 Å². The Balaban J connectivity index is 1.76. The number of rotatable bonds is 4. The second-order valence-corrected chi connectivity index (χ2v) is 7.05. The van der Waals surface area contributed by atoms with Crippen molar-refractivity contribution in [1.82, 2.24) is 15.2 Å². The van der Waals surface area contributed by atoms with Crippen molar-refractivity contribution in [3.05, 3.63) is 30.1 Å². The molecule has 0 aromatic carbocycles. The quantitative estimate of drug-likeness (QED) is 0.921. The van der Waals surface area contributed by atoms with Crippen molar-refractivity contribution in [3.63, 3.8) is 0 Å². The van der Waals surface area contributed by atoms with Crippen molar-refractivity contribution >= 4 is 0 Å². The SMILES string of the molecule is CCC(C)C1CN(Cc2cccnc2)C2(CCCC2)CN1. The number of aromatic nitrogens is 1. The van der Waals surface area contributed by atoms with Crippen LogP contribution in [0.2, 0.25) is 0 Å². The first-order valence-electron chi connectivity index (χ1n) is 8.61. The number of hydrogen-bond acceptors (Lipinski definition) is 3. The van der Waals surface area contributed by atoms with Crippen LogP contribution in [0.25, 0.3) is 0 Å². The van der Waals surface area contributed by atoms with E-state index in [1.165, 1.54) is 50.8 Å². The summed E-state index contributed by atoms with van der Waals surface area (Å²) in [6.07, 6.45) is 10.6. The molecule has 1 spiro atoms. The van der Waals surface area contributed by atoms with Crippen LogP contribution in [0.15, 0.2) is 24.5 Å². The molecule has 1 aromatic rings. The summed E-state index contributed by atoms with van der Waals surface area (Å²) in [5.41, 5.74) is 1.76. The van der Waals surface area contributed by atoms with E-state index in [4.69, 9.17) is 0 Å². The molecular formula is C18H29N3. The van der Waals surface area contributed by atoms with Gasteiger partial charge in [-0.1, -0.05) is 39.2 Å². The molecule has 3 nitrogen and oxygen atoms in total. The third kappa shape index (κ3) is 3.14. The molecule has 1 aromatic heterocycles. The van der Waals surface area contributed by atoms with E-state index in [0.717, 1.165) is 12.5 Å². The molecule has 0 amide bonds. The highest BCUT2D eigenvalue weighted by atomic mass is 15.3. The lowest BCUT2D eigenvalue weighted by Gasteiger charge is -2.49. The Morgan fingerprint density at radius 2 is 2.24 bits per heavy atom. The lowest BCUT2D eigenvalue weighted by molar-refractivity contribution is 0.0238. The van der Waals surface area contributed by atoms with Crippen LogP contribution in [0.3, 0.4) is 0 Å². The topological polar surface area (TPSA) is 28.2 Å². The Morgan fingerprint density at radius 3 is 2.90 bits per heavy atom. The maximum atomic E-state index is 4.29. The summed E-state index contributed by atoms with van der Waals surface area (Å²) in [6, 6.07) is 4.92. The largest absolute Gasteiger partial charge is 0.311 e. The number of pyridine rings is 1. The van der Waals surface area contributed by atoms with Gasteiger partial charge in [0.1, 0.15) is 0 Å². The van der Waals surface area contributed by atoms with Crippen LogP contribution in [0.5, 0.6) is 0 Å². The Morgan fingerprint density at radius 1 is 1.43 bits per heavy atom. The number of nitrogens with zero attached hydrogens (tertiary/aromatic N) is 2. The number of piperazine rings is 1. The van der Waals surface area contributed by atoms with Crippen molar-refractivity contribution in [1.29, 1.82) is 0 Å². The molecule has 3 heteroatoms. The Hall–Kier alpha value is -0.930. The summed E-state index contributed by atoms with van der Waals surface area (Å²) in [4.78, 5) is 7.06. The van der Waals surface area contributed by atoms with Gasteiger partial charge in [0.2, 0.25) is 0 Å². The Bertz CT molecular complexity index is 439. The van der Waals surface area contributed by atoms with Gasteiger partial charge >= 0.3 is 0 Å². The summed E-state index contributed by atoms with van der Waals surface area (Å²) in [5, 5.41) is 3.86. The fourth-order valence-electron chi connectivity index (χ4n) is 4.06. The van der Waals surface area contributed by atoms with Gasteiger partial charge in [0.15, 0.2) is 0 Å². The molecule has 116 valence electrons. The van der Waals surface area contributed by atoms with Crippen molar-refractivity contribution in [3.8, 4) is 0 Å². The smallest absolute Gasteiger partial charge is 0.0338 e. The zero-order chi connectivity index (χ0) is 14.7. The van der Waals surface area contributed by atoms with Gasteiger partial charge in [0, 0.05) is 43.6 Å². The van der Waals surface area contributed by atoms with E-state index in [0.29, 0.717) is 11.6 Å². The average Bonchev–Trinajstić information content (AvgIpc) is 2.99. The normalized spacial score (nSPS) is 27.0. The van der Waals surface area contributed by atoms with E-state index in [1.54, 1.807) is 0 Å². The maximum absolute atomic E-state index is 4.29. The highest BCUT2D eigenvalue weighted by Crippen LogP contribution is 2.38. The molecule has 1 N–H and O–H groups in total. The van der Waals surface area contributed by atoms with Crippen molar-refractivity contribution < 1.29 is 0 Å². The standard InChI is InChI=1S/C18H29N3/c1-3-15(2)17-13-21(12-16-7-6-10-19-11-16)18(14-20-17)8-4-5-9-18/h6-7,10-11,15,17,20H,3-5,8-9,12-14H2,1-2H3. The van der Waals surface area contributed by atoms with E-state index >= 15 is 0 Å². The third-order valence-corrected chi connectivity index (χ3v) is 5.74. The first kappa shape index (κ1) is 15.0. The molecule has 2 unspecified atom stereocenters. The monoisotopic (exact) mass is 287 g/mol. The minimum Gasteiger partial charge on any atom is -0.311 e. The van der Waals surface area contributed by atoms with Crippen LogP contribution in [0, 0.1) is 5.92 Å². The van der Waals surface area contributed by atoms with Crippen molar-refractivity contribution in [2.75, 3.05) is 13.1 Å². The van der Waals surface area contributed by atoms with Crippen LogP contribution in [0.1, 0.15) is 51.5 Å². The summed E-state index contributed by atoms with van der Waals surface area (Å²) in [5.74, 6) is 0.750. The van der Waals surface area contributed by atoms with Gasteiger partial charge in [-0.15, -0.1) is 0 Å². The molecule has 2 atom stereocenters. The average molecular weight is 287 g/mol. The lowest BCUT2D eigenvalue weighted by atomic mass is 9.87. The second-order valence-electron chi connectivity index (χ2n) is 7.05. The fraction of sp³-hybridized carbons (Fsp3) is 0.722. The summed E-state index contributed by atoms with van der Waals surface area (Å²) < 4.78 is 0. The van der Waals surface area contributed by atoms with Gasteiger partial charge in [-0.2, -0.15) is 0 Å². The minimum atomic E-state index is 0.403. The zero-order valence-corrected chi connectivity index (χ0v) is 13.5. The molecule has 1 saturated heterocycles. The van der Waals surface area contributed by atoms with E-state index < -0.39 is 0 Å². The number of hydrogen-bond donors (Lipinski definition) is 1. The highest BCUT2D eigenvalue weighted by Gasteiger charge is 2.43. The first-order chi connectivity index (χ1) is 10.2. The molecule has 1 saturated carbocycles. The van der Waals surface area contributed by atoms with E-state index in [9.17, 15) is 0 Å². The van der Waals surface area contributed by atoms with Gasteiger partial charge in [-0.25, -0.2) is 0 Å². The fourth-order valence-corrected chi connectivity index (χ4v) is 4.06. The lowest BCUT2D eigenvalue weighted by Crippen LogP contribution is -2.64. The third-order valence-electron chi connectivity index (χ3n) is 5.74. The molecule has 0 bridgehead atoms. The summed E-state index contributed by atoms with van der Waals surface area (Å²) >= 11 is 0. The molecule has 3 rings (SSSR count). The van der Waals surface area contributed by atoms with E-state index in [-0.39, 0.29) is 0 Å². The molecule has 2 fully saturated rings. The van der Waals surface area contributed by atoms with E-state index in [1.807, 2.05) is 12.4 Å². The first-order valence-corrected chi connectivity index (χ1v) is 8.61. The van der Waals surface area contributed by atoms with Gasteiger partial charge < -0.3 is 5.32 Å². The summed E-state index contributed by atoms with van der Waals surface area (Å²) in [7, 11) is 0. The molecule has 1 aliphatic heterocycles. The number of nitrogens with one attached hydrogen (secondary N) is 1. The molecule has 1 aliphatic carbocycles. The molecule has 2 heterocycles. The second kappa shape index (κ2) is 6.45.